The number of amides is 1. The number of nitrogens with one attached hydrogen (secondary N) is 1. The number of ether oxygens (including phenoxy) is 2. The average molecular weight is 488 g/mol. The van der Waals surface area contributed by atoms with Crippen molar-refractivity contribution in [2.75, 3.05) is 13.7 Å². The van der Waals surface area contributed by atoms with E-state index >= 15 is 0 Å². The van der Waals surface area contributed by atoms with Crippen molar-refractivity contribution in [2.24, 2.45) is 0 Å². The Kier molecular flexibility index (Phi) is 7.61. The lowest BCUT2D eigenvalue weighted by atomic mass is 10.1. The Morgan fingerprint density at radius 3 is 2.38 bits per heavy atom. The molecule has 32 heavy (non-hydrogen) atoms. The minimum atomic E-state index is -3.93. The monoisotopic (exact) mass is 487 g/mol. The summed E-state index contributed by atoms with van der Waals surface area (Å²) in [5.41, 5.74) is 0.628. The van der Waals surface area contributed by atoms with Crippen LogP contribution < -0.4 is 14.8 Å². The molecule has 1 aliphatic carbocycles. The molecular weight excluding hydrogens is 464 g/mol. The molecule has 2 aromatic carbocycles. The number of hydrogen-bond donors (Lipinski definition) is 1. The Morgan fingerprint density at radius 1 is 1.12 bits per heavy atom. The van der Waals surface area contributed by atoms with Crippen molar-refractivity contribution in [2.45, 2.75) is 48.4 Å². The summed E-state index contributed by atoms with van der Waals surface area (Å²) in [4.78, 5) is 13.2. The maximum Gasteiger partial charge on any atom is 0.387 e. The van der Waals surface area contributed by atoms with E-state index in [-0.39, 0.29) is 35.8 Å². The van der Waals surface area contributed by atoms with E-state index in [1.807, 2.05) is 0 Å². The standard InChI is InChI=1S/C22H24ClF2NO5S/c1-30-18-9-4-15(14-19(18)31-21(24)25)10-13-26-20(27)22(11-2-3-12-22)32(28,29)17-7-5-16(23)6-8-17/h4-9,14,21H,2-3,10-13H2,1H3,(H,26,27). The second kappa shape index (κ2) is 10.0. The highest BCUT2D eigenvalue weighted by molar-refractivity contribution is 7.93. The highest BCUT2D eigenvalue weighted by Gasteiger charge is 2.52. The molecule has 1 aliphatic rings. The van der Waals surface area contributed by atoms with Gasteiger partial charge in [-0.15, -0.1) is 0 Å². The van der Waals surface area contributed by atoms with Crippen LogP contribution in [0.5, 0.6) is 11.5 Å². The fraction of sp³-hybridized carbons (Fsp3) is 0.409. The number of rotatable bonds is 9. The Morgan fingerprint density at radius 2 is 1.78 bits per heavy atom. The van der Waals surface area contributed by atoms with Gasteiger partial charge in [-0.2, -0.15) is 8.78 Å². The van der Waals surface area contributed by atoms with Gasteiger partial charge in [0.15, 0.2) is 26.1 Å². The molecule has 0 unspecified atom stereocenters. The van der Waals surface area contributed by atoms with Crippen molar-refractivity contribution in [3.8, 4) is 11.5 Å². The van der Waals surface area contributed by atoms with Crippen LogP contribution in [-0.2, 0) is 21.1 Å². The third-order valence-corrected chi connectivity index (χ3v) is 8.37. The lowest BCUT2D eigenvalue weighted by Gasteiger charge is -2.27. The second-order valence-electron chi connectivity index (χ2n) is 7.53. The Balaban J connectivity index is 1.73. The van der Waals surface area contributed by atoms with Crippen LogP contribution in [0.3, 0.4) is 0 Å². The van der Waals surface area contributed by atoms with Gasteiger partial charge in [0.25, 0.3) is 0 Å². The summed E-state index contributed by atoms with van der Waals surface area (Å²) >= 11 is 5.87. The van der Waals surface area contributed by atoms with E-state index in [0.29, 0.717) is 29.8 Å². The minimum absolute atomic E-state index is 0.0582. The topological polar surface area (TPSA) is 81.7 Å². The van der Waals surface area contributed by atoms with Crippen LogP contribution >= 0.6 is 11.6 Å². The largest absolute Gasteiger partial charge is 0.493 e. The number of halogens is 3. The van der Waals surface area contributed by atoms with Gasteiger partial charge in [0, 0.05) is 11.6 Å². The number of sulfone groups is 1. The van der Waals surface area contributed by atoms with E-state index in [4.69, 9.17) is 16.3 Å². The van der Waals surface area contributed by atoms with Crippen LogP contribution in [0, 0.1) is 0 Å². The molecule has 3 rings (SSSR count). The van der Waals surface area contributed by atoms with E-state index < -0.39 is 27.1 Å². The van der Waals surface area contributed by atoms with Crippen molar-refractivity contribution < 1.29 is 31.5 Å². The van der Waals surface area contributed by atoms with Gasteiger partial charge in [-0.1, -0.05) is 30.5 Å². The third-order valence-electron chi connectivity index (χ3n) is 5.61. The van der Waals surface area contributed by atoms with Crippen LogP contribution in [0.1, 0.15) is 31.2 Å². The fourth-order valence-corrected chi connectivity index (χ4v) is 6.16. The van der Waals surface area contributed by atoms with Crippen molar-refractivity contribution in [1.29, 1.82) is 0 Å². The minimum Gasteiger partial charge on any atom is -0.493 e. The summed E-state index contributed by atoms with van der Waals surface area (Å²) in [6.45, 7) is -2.86. The van der Waals surface area contributed by atoms with Crippen molar-refractivity contribution >= 4 is 27.3 Å². The first-order valence-electron chi connectivity index (χ1n) is 10.1. The predicted octanol–water partition coefficient (Wildman–Crippen LogP) is 4.40. The first-order valence-corrected chi connectivity index (χ1v) is 12.0. The Labute approximate surface area is 190 Å². The predicted molar refractivity (Wildman–Crippen MR) is 116 cm³/mol. The molecule has 0 aromatic heterocycles. The van der Waals surface area contributed by atoms with Gasteiger partial charge < -0.3 is 14.8 Å². The van der Waals surface area contributed by atoms with Crippen LogP contribution in [0.4, 0.5) is 8.78 Å². The fourth-order valence-electron chi connectivity index (χ4n) is 3.95. The van der Waals surface area contributed by atoms with Crippen LogP contribution in [0.2, 0.25) is 5.02 Å². The molecule has 1 fully saturated rings. The maximum absolute atomic E-state index is 13.4. The van der Waals surface area contributed by atoms with E-state index in [1.165, 1.54) is 43.5 Å². The molecule has 6 nitrogen and oxygen atoms in total. The number of carbonyl (C=O) groups is 1. The van der Waals surface area contributed by atoms with Gasteiger partial charge in [0.2, 0.25) is 5.91 Å². The van der Waals surface area contributed by atoms with Crippen LogP contribution in [0.15, 0.2) is 47.4 Å². The van der Waals surface area contributed by atoms with Crippen LogP contribution in [-0.4, -0.2) is 39.3 Å². The molecule has 0 radical (unpaired) electrons. The molecule has 1 saturated carbocycles. The van der Waals surface area contributed by atoms with Gasteiger partial charge in [-0.3, -0.25) is 4.79 Å². The zero-order valence-corrected chi connectivity index (χ0v) is 19.0. The number of hydrogen-bond acceptors (Lipinski definition) is 5. The lowest BCUT2D eigenvalue weighted by molar-refractivity contribution is -0.123. The van der Waals surface area contributed by atoms with Gasteiger partial charge in [0.1, 0.15) is 0 Å². The molecule has 0 bridgehead atoms. The van der Waals surface area contributed by atoms with E-state index in [0.717, 1.165) is 0 Å². The van der Waals surface area contributed by atoms with Crippen molar-refractivity contribution in [3.63, 3.8) is 0 Å². The number of benzene rings is 2. The van der Waals surface area contributed by atoms with Gasteiger partial charge in [-0.25, -0.2) is 8.42 Å². The SMILES string of the molecule is COc1ccc(CCNC(=O)C2(S(=O)(=O)c3ccc(Cl)cc3)CCCC2)cc1OC(F)F. The summed E-state index contributed by atoms with van der Waals surface area (Å²) in [6.07, 6.45) is 2.03. The summed E-state index contributed by atoms with van der Waals surface area (Å²) in [6, 6.07) is 10.4. The number of carbonyl (C=O) groups excluding carboxylic acids is 1. The van der Waals surface area contributed by atoms with E-state index in [2.05, 4.69) is 10.1 Å². The second-order valence-corrected chi connectivity index (χ2v) is 10.2. The summed E-state index contributed by atoms with van der Waals surface area (Å²) in [5, 5.41) is 3.13. The first kappa shape index (κ1) is 24.3. The summed E-state index contributed by atoms with van der Waals surface area (Å²) in [7, 11) is -2.59. The lowest BCUT2D eigenvalue weighted by Crippen LogP contribution is -2.51. The molecule has 0 atom stereocenters. The molecule has 0 spiro atoms. The number of alkyl halides is 2. The van der Waals surface area contributed by atoms with E-state index in [1.54, 1.807) is 6.07 Å². The quantitative estimate of drug-likeness (QED) is 0.567. The third kappa shape index (κ3) is 4.99. The Hall–Kier alpha value is -2.39. The highest BCUT2D eigenvalue weighted by atomic mass is 35.5. The molecule has 0 aliphatic heterocycles. The van der Waals surface area contributed by atoms with E-state index in [9.17, 15) is 22.0 Å². The number of methoxy groups -OCH3 is 1. The zero-order chi connectivity index (χ0) is 23.4. The van der Waals surface area contributed by atoms with Crippen molar-refractivity contribution in [3.05, 3.63) is 53.1 Å². The first-order chi connectivity index (χ1) is 15.2. The summed E-state index contributed by atoms with van der Waals surface area (Å²) in [5.74, 6) is -0.497. The molecular formula is C22H24ClF2NO5S. The smallest absolute Gasteiger partial charge is 0.387 e. The van der Waals surface area contributed by atoms with Crippen LogP contribution in [0.25, 0.3) is 0 Å². The van der Waals surface area contributed by atoms with Gasteiger partial charge in [-0.05, 0) is 61.2 Å². The average Bonchev–Trinajstić information content (AvgIpc) is 3.26. The molecule has 10 heteroatoms. The molecule has 174 valence electrons. The Bertz CT molecular complexity index is 1050. The van der Waals surface area contributed by atoms with Crippen molar-refractivity contribution in [1.82, 2.24) is 5.32 Å². The zero-order valence-electron chi connectivity index (χ0n) is 17.4. The van der Waals surface area contributed by atoms with Gasteiger partial charge >= 0.3 is 6.61 Å². The summed E-state index contributed by atoms with van der Waals surface area (Å²) < 4.78 is 59.9. The molecule has 0 heterocycles. The normalized spacial score (nSPS) is 15.5. The molecule has 1 N–H and O–H groups in total. The molecule has 1 amide bonds. The van der Waals surface area contributed by atoms with Gasteiger partial charge in [0.05, 0.1) is 12.0 Å². The highest BCUT2D eigenvalue weighted by Crippen LogP contribution is 2.41. The molecule has 0 saturated heterocycles. The molecule has 2 aromatic rings. The maximum atomic E-state index is 13.4.